The number of anilines is 1. The summed E-state index contributed by atoms with van der Waals surface area (Å²) in [6, 6.07) is 2.80. The van der Waals surface area contributed by atoms with Gasteiger partial charge in [-0.1, -0.05) is 41.8 Å². The molecule has 1 aliphatic carbocycles. The summed E-state index contributed by atoms with van der Waals surface area (Å²) in [5.41, 5.74) is 1.51. The van der Waals surface area contributed by atoms with Crippen molar-refractivity contribution in [2.45, 2.75) is 26.8 Å². The number of hydrogen-bond donors (Lipinski definition) is 0. The summed E-state index contributed by atoms with van der Waals surface area (Å²) in [4.78, 5) is 31.1. The number of carbonyl (C=O) groups is 2. The molecule has 1 aromatic rings. The van der Waals surface area contributed by atoms with E-state index in [1.54, 1.807) is 24.0 Å². The largest absolute Gasteiger partial charge is 0.466 e. The first-order valence-corrected chi connectivity index (χ1v) is 8.61. The maximum atomic E-state index is 13.1. The van der Waals surface area contributed by atoms with Crippen LogP contribution >= 0.6 is 23.2 Å². The van der Waals surface area contributed by atoms with E-state index in [0.717, 1.165) is 5.57 Å². The van der Waals surface area contributed by atoms with Crippen molar-refractivity contribution in [1.82, 2.24) is 4.98 Å². The Hall–Kier alpha value is -1.59. The molecule has 128 valence electrons. The second kappa shape index (κ2) is 6.37. The molecule has 2 bridgehead atoms. The van der Waals surface area contributed by atoms with Gasteiger partial charge in [0.1, 0.15) is 10.3 Å². The lowest BCUT2D eigenvalue weighted by molar-refractivity contribution is -0.151. The van der Waals surface area contributed by atoms with Crippen molar-refractivity contribution in [3.63, 3.8) is 0 Å². The number of halogens is 2. The molecule has 1 saturated heterocycles. The number of allylic oxidation sites excluding steroid dienone is 1. The van der Waals surface area contributed by atoms with E-state index in [0.29, 0.717) is 5.69 Å². The van der Waals surface area contributed by atoms with Crippen LogP contribution in [0.15, 0.2) is 23.8 Å². The van der Waals surface area contributed by atoms with Crippen LogP contribution in [0.3, 0.4) is 0 Å². The van der Waals surface area contributed by atoms with Crippen molar-refractivity contribution < 1.29 is 14.3 Å². The Labute approximate surface area is 150 Å². The molecule has 7 heteroatoms. The van der Waals surface area contributed by atoms with Crippen LogP contribution in [0, 0.1) is 17.8 Å². The molecule has 0 N–H and O–H groups in total. The first-order chi connectivity index (χ1) is 11.3. The van der Waals surface area contributed by atoms with Crippen molar-refractivity contribution in [2.75, 3.05) is 11.5 Å². The number of pyridine rings is 1. The fourth-order valence-corrected chi connectivity index (χ4v) is 4.31. The zero-order chi connectivity index (χ0) is 17.6. The Bertz CT molecular complexity index is 714. The summed E-state index contributed by atoms with van der Waals surface area (Å²) in [6.07, 6.45) is 2.05. The lowest BCUT2D eigenvalue weighted by atomic mass is 9.74. The van der Waals surface area contributed by atoms with Crippen LogP contribution in [-0.2, 0) is 14.3 Å². The van der Waals surface area contributed by atoms with Crippen LogP contribution in [-0.4, -0.2) is 29.5 Å². The molecule has 1 fully saturated rings. The molecule has 0 spiro atoms. The summed E-state index contributed by atoms with van der Waals surface area (Å²) in [6.45, 7) is 5.92. The van der Waals surface area contributed by atoms with Crippen molar-refractivity contribution >= 4 is 40.8 Å². The minimum Gasteiger partial charge on any atom is -0.466 e. The van der Waals surface area contributed by atoms with Crippen LogP contribution in [0.2, 0.25) is 10.3 Å². The van der Waals surface area contributed by atoms with Crippen molar-refractivity contribution in [3.05, 3.63) is 34.1 Å². The topological polar surface area (TPSA) is 59.5 Å². The normalized spacial score (nSPS) is 28.8. The molecular weight excluding hydrogens is 351 g/mol. The number of hydrogen-bond acceptors (Lipinski definition) is 4. The van der Waals surface area contributed by atoms with Gasteiger partial charge >= 0.3 is 5.97 Å². The summed E-state index contributed by atoms with van der Waals surface area (Å²) >= 11 is 12.0. The van der Waals surface area contributed by atoms with E-state index in [4.69, 9.17) is 27.9 Å². The summed E-state index contributed by atoms with van der Waals surface area (Å²) in [5, 5.41) is 0.406. The average Bonchev–Trinajstić information content (AvgIpc) is 2.74. The molecule has 5 nitrogen and oxygen atoms in total. The van der Waals surface area contributed by atoms with Gasteiger partial charge in [0.15, 0.2) is 0 Å². The first kappa shape index (κ1) is 17.2. The molecule has 2 aliphatic rings. The second-order valence-electron chi connectivity index (χ2n) is 6.20. The zero-order valence-electron chi connectivity index (χ0n) is 13.6. The molecule has 2 heterocycles. The average molecular weight is 369 g/mol. The predicted molar refractivity (Wildman–Crippen MR) is 92.1 cm³/mol. The fourth-order valence-electron chi connectivity index (χ4n) is 3.86. The molecule has 0 saturated carbocycles. The molecule has 1 aliphatic heterocycles. The molecule has 0 radical (unpaired) electrons. The molecule has 4 unspecified atom stereocenters. The minimum absolute atomic E-state index is 0.0408. The van der Waals surface area contributed by atoms with E-state index in [-0.39, 0.29) is 40.7 Å². The van der Waals surface area contributed by atoms with Gasteiger partial charge in [-0.15, -0.1) is 0 Å². The number of aromatic nitrogens is 1. The third kappa shape index (κ3) is 2.70. The van der Waals surface area contributed by atoms with Gasteiger partial charge in [-0.2, -0.15) is 0 Å². The number of fused-ring (bicyclic) bond motifs is 2. The van der Waals surface area contributed by atoms with Gasteiger partial charge in [-0.25, -0.2) is 4.98 Å². The van der Waals surface area contributed by atoms with Crippen molar-refractivity contribution in [1.29, 1.82) is 0 Å². The highest BCUT2D eigenvalue weighted by molar-refractivity contribution is 6.33. The highest BCUT2D eigenvalue weighted by Gasteiger charge is 2.57. The third-order valence-corrected chi connectivity index (χ3v) is 5.06. The number of nitrogens with zero attached hydrogens (tertiary/aromatic N) is 2. The smallest absolute Gasteiger partial charge is 0.312 e. The van der Waals surface area contributed by atoms with Gasteiger partial charge in [0.25, 0.3) is 0 Å². The van der Waals surface area contributed by atoms with Gasteiger partial charge in [-0.05, 0) is 31.9 Å². The standard InChI is InChI=1S/C17H18Cl2N2O3/c1-4-24-17(23)14-13-8(2)5-9(3)15(14)21(16(13)22)10-6-11(18)20-12(19)7-10/h5-8,13-15H,4H2,1-3H3. The molecule has 1 amide bonds. The zero-order valence-corrected chi connectivity index (χ0v) is 15.1. The number of amides is 1. The number of carbonyl (C=O) groups excluding carboxylic acids is 2. The van der Waals surface area contributed by atoms with Crippen LogP contribution in [0.1, 0.15) is 20.8 Å². The summed E-state index contributed by atoms with van der Waals surface area (Å²) < 4.78 is 5.23. The Kier molecular flexibility index (Phi) is 4.58. The van der Waals surface area contributed by atoms with E-state index < -0.39 is 11.8 Å². The molecule has 1 aromatic heterocycles. The molecule has 3 rings (SSSR count). The van der Waals surface area contributed by atoms with Gasteiger partial charge < -0.3 is 9.64 Å². The van der Waals surface area contributed by atoms with E-state index in [9.17, 15) is 9.59 Å². The third-order valence-electron chi connectivity index (χ3n) is 4.67. The van der Waals surface area contributed by atoms with Crippen molar-refractivity contribution in [2.24, 2.45) is 17.8 Å². The van der Waals surface area contributed by atoms with Gasteiger partial charge in [-0.3, -0.25) is 9.59 Å². The quantitative estimate of drug-likeness (QED) is 0.465. The van der Waals surface area contributed by atoms with Crippen LogP contribution < -0.4 is 4.90 Å². The minimum atomic E-state index is -0.525. The van der Waals surface area contributed by atoms with Gasteiger partial charge in [0.05, 0.1) is 30.2 Å². The Balaban J connectivity index is 2.10. The molecule has 24 heavy (non-hydrogen) atoms. The fraction of sp³-hybridized carbons (Fsp3) is 0.471. The number of esters is 1. The van der Waals surface area contributed by atoms with E-state index in [1.807, 2.05) is 19.9 Å². The van der Waals surface area contributed by atoms with Gasteiger partial charge in [0, 0.05) is 0 Å². The Morgan fingerprint density at radius 1 is 1.33 bits per heavy atom. The van der Waals surface area contributed by atoms with Crippen LogP contribution in [0.5, 0.6) is 0 Å². The summed E-state index contributed by atoms with van der Waals surface area (Å²) in [5.74, 6) is -1.46. The lowest BCUT2D eigenvalue weighted by Crippen LogP contribution is -2.40. The Morgan fingerprint density at radius 3 is 2.54 bits per heavy atom. The van der Waals surface area contributed by atoms with E-state index in [1.165, 1.54) is 0 Å². The van der Waals surface area contributed by atoms with E-state index in [2.05, 4.69) is 4.98 Å². The predicted octanol–water partition coefficient (Wildman–Crippen LogP) is 3.50. The highest BCUT2D eigenvalue weighted by Crippen LogP contribution is 2.47. The van der Waals surface area contributed by atoms with Crippen LogP contribution in [0.25, 0.3) is 0 Å². The monoisotopic (exact) mass is 368 g/mol. The highest BCUT2D eigenvalue weighted by atomic mass is 35.5. The molecule has 0 aromatic carbocycles. The molecular formula is C17H18Cl2N2O3. The Morgan fingerprint density at radius 2 is 1.96 bits per heavy atom. The number of rotatable bonds is 3. The summed E-state index contributed by atoms with van der Waals surface area (Å²) in [7, 11) is 0. The second-order valence-corrected chi connectivity index (χ2v) is 6.97. The van der Waals surface area contributed by atoms with Gasteiger partial charge in [0.2, 0.25) is 5.91 Å². The lowest BCUT2D eigenvalue weighted by Gasteiger charge is -2.31. The number of ether oxygens (including phenoxy) is 1. The SMILES string of the molecule is CCOC(=O)C1C2C(=O)N(c3cc(Cl)nc(Cl)c3)C1C(C)=CC2C. The van der Waals surface area contributed by atoms with Crippen molar-refractivity contribution in [3.8, 4) is 0 Å². The van der Waals surface area contributed by atoms with E-state index >= 15 is 0 Å². The maximum Gasteiger partial charge on any atom is 0.312 e. The van der Waals surface area contributed by atoms with Crippen LogP contribution in [0.4, 0.5) is 5.69 Å². The molecule has 4 atom stereocenters. The maximum absolute atomic E-state index is 13.1. The first-order valence-electron chi connectivity index (χ1n) is 7.86.